The van der Waals surface area contributed by atoms with Gasteiger partial charge in [0.05, 0.1) is 0 Å². The van der Waals surface area contributed by atoms with Crippen LogP contribution in [0.5, 0.6) is 0 Å². The number of thiol groups is 1. The minimum atomic E-state index is 1.07. The fourth-order valence-electron chi connectivity index (χ4n) is 2.73. The van der Waals surface area contributed by atoms with E-state index in [1.54, 1.807) is 0 Å². The van der Waals surface area contributed by atoms with E-state index in [9.17, 15) is 0 Å². The second-order valence-electron chi connectivity index (χ2n) is 4.87. The van der Waals surface area contributed by atoms with E-state index in [-0.39, 0.29) is 0 Å². The van der Waals surface area contributed by atoms with Gasteiger partial charge in [0.1, 0.15) is 0 Å². The summed E-state index contributed by atoms with van der Waals surface area (Å²) in [5.74, 6) is 0. The van der Waals surface area contributed by atoms with Crippen molar-refractivity contribution in [3.05, 3.63) is 66.7 Å². The van der Waals surface area contributed by atoms with Crippen molar-refractivity contribution in [2.45, 2.75) is 4.90 Å². The van der Waals surface area contributed by atoms with Crippen LogP contribution in [0, 0.1) is 0 Å². The number of rotatable bonds is 0. The molecule has 0 atom stereocenters. The van der Waals surface area contributed by atoms with Gasteiger partial charge in [0.15, 0.2) is 0 Å². The zero-order valence-electron chi connectivity index (χ0n) is 10.3. The summed E-state index contributed by atoms with van der Waals surface area (Å²) in [5.41, 5.74) is 0. The quantitative estimate of drug-likeness (QED) is 0.316. The lowest BCUT2D eigenvalue weighted by molar-refractivity contribution is 1.65. The Balaban J connectivity index is 2.25. The molecule has 0 aliphatic heterocycles. The molecule has 90 valence electrons. The van der Waals surface area contributed by atoms with Gasteiger partial charge in [0.2, 0.25) is 0 Å². The fraction of sp³-hybridized carbons (Fsp3) is 0. The number of fused-ring (bicyclic) bond motifs is 3. The molecule has 0 aliphatic rings. The average Bonchev–Trinajstić information content (AvgIpc) is 2.46. The van der Waals surface area contributed by atoms with Gasteiger partial charge in [-0.3, -0.25) is 0 Å². The second-order valence-corrected chi connectivity index (χ2v) is 5.31. The summed E-state index contributed by atoms with van der Waals surface area (Å²) in [6, 6.07) is 23.6. The van der Waals surface area contributed by atoms with Crippen LogP contribution in [-0.2, 0) is 0 Å². The van der Waals surface area contributed by atoms with Gasteiger partial charge < -0.3 is 0 Å². The molecular weight excluding hydrogens is 248 g/mol. The molecule has 0 saturated heterocycles. The Hall–Kier alpha value is -1.99. The molecule has 19 heavy (non-hydrogen) atoms. The van der Waals surface area contributed by atoms with Crippen LogP contribution in [0.1, 0.15) is 0 Å². The molecule has 0 radical (unpaired) electrons. The Bertz CT molecular complexity index is 917. The lowest BCUT2D eigenvalue weighted by Crippen LogP contribution is -1.81. The van der Waals surface area contributed by atoms with E-state index in [1.807, 2.05) is 0 Å². The van der Waals surface area contributed by atoms with Crippen LogP contribution < -0.4 is 0 Å². The Kier molecular flexibility index (Phi) is 2.30. The van der Waals surface area contributed by atoms with Gasteiger partial charge >= 0.3 is 0 Å². The highest BCUT2D eigenvalue weighted by Crippen LogP contribution is 2.33. The van der Waals surface area contributed by atoms with Crippen LogP contribution in [0.2, 0.25) is 0 Å². The van der Waals surface area contributed by atoms with Crippen LogP contribution in [0.4, 0.5) is 0 Å². The molecule has 0 nitrogen and oxygen atoms in total. The van der Waals surface area contributed by atoms with Crippen LogP contribution >= 0.6 is 12.6 Å². The van der Waals surface area contributed by atoms with Crippen LogP contribution in [0.3, 0.4) is 0 Å². The average molecular weight is 260 g/mol. The van der Waals surface area contributed by atoms with E-state index in [1.165, 1.54) is 32.3 Å². The van der Waals surface area contributed by atoms with E-state index in [0.717, 1.165) is 4.90 Å². The number of hydrogen-bond donors (Lipinski definition) is 1. The fourth-order valence-corrected chi connectivity index (χ4v) is 3.13. The van der Waals surface area contributed by atoms with Gasteiger partial charge in [0.25, 0.3) is 0 Å². The first kappa shape index (κ1) is 10.9. The molecule has 4 aromatic rings. The normalized spacial score (nSPS) is 11.4. The van der Waals surface area contributed by atoms with Crippen molar-refractivity contribution >= 4 is 44.9 Å². The largest absolute Gasteiger partial charge is 0.142 e. The molecule has 0 heterocycles. The van der Waals surface area contributed by atoms with Gasteiger partial charge in [0, 0.05) is 4.90 Å². The van der Waals surface area contributed by atoms with Gasteiger partial charge in [-0.25, -0.2) is 0 Å². The third-order valence-electron chi connectivity index (χ3n) is 3.70. The summed E-state index contributed by atoms with van der Waals surface area (Å²) in [5, 5.41) is 7.48. The predicted octanol–water partition coefficient (Wildman–Crippen LogP) is 5.43. The van der Waals surface area contributed by atoms with Crippen LogP contribution in [-0.4, -0.2) is 0 Å². The summed E-state index contributed by atoms with van der Waals surface area (Å²) in [6.07, 6.45) is 0. The van der Waals surface area contributed by atoms with Gasteiger partial charge in [-0.15, -0.1) is 12.6 Å². The molecule has 0 amide bonds. The van der Waals surface area contributed by atoms with Gasteiger partial charge in [-0.05, 0) is 50.5 Å². The molecule has 0 aliphatic carbocycles. The summed E-state index contributed by atoms with van der Waals surface area (Å²) < 4.78 is 0. The van der Waals surface area contributed by atoms with Crippen LogP contribution in [0.25, 0.3) is 32.3 Å². The van der Waals surface area contributed by atoms with E-state index in [4.69, 9.17) is 12.6 Å². The van der Waals surface area contributed by atoms with Crippen molar-refractivity contribution in [3.63, 3.8) is 0 Å². The Labute approximate surface area is 117 Å². The van der Waals surface area contributed by atoms with Crippen molar-refractivity contribution in [2.75, 3.05) is 0 Å². The molecule has 4 aromatic carbocycles. The van der Waals surface area contributed by atoms with E-state index >= 15 is 0 Å². The summed E-state index contributed by atoms with van der Waals surface area (Å²) >= 11 is 4.74. The smallest absolute Gasteiger partial charge is 0.0198 e. The lowest BCUT2D eigenvalue weighted by Gasteiger charge is -2.08. The van der Waals surface area contributed by atoms with E-state index < -0.39 is 0 Å². The maximum absolute atomic E-state index is 4.74. The van der Waals surface area contributed by atoms with Crippen molar-refractivity contribution in [1.82, 2.24) is 0 Å². The maximum atomic E-state index is 4.74. The van der Waals surface area contributed by atoms with Gasteiger partial charge in [-0.2, -0.15) is 0 Å². The third kappa shape index (κ3) is 1.62. The minimum absolute atomic E-state index is 1.07. The van der Waals surface area contributed by atoms with E-state index in [0.29, 0.717) is 0 Å². The summed E-state index contributed by atoms with van der Waals surface area (Å²) in [4.78, 5) is 1.07. The number of benzene rings is 4. The first-order valence-corrected chi connectivity index (χ1v) is 6.81. The molecule has 1 heteroatoms. The maximum Gasteiger partial charge on any atom is 0.0198 e. The molecule has 0 N–H and O–H groups in total. The topological polar surface area (TPSA) is 0 Å². The molecular formula is C18H12S. The monoisotopic (exact) mass is 260 g/mol. The highest BCUT2D eigenvalue weighted by Gasteiger charge is 2.05. The molecule has 0 unspecified atom stereocenters. The molecule has 0 bridgehead atoms. The highest BCUT2D eigenvalue weighted by atomic mass is 32.1. The SMILES string of the molecule is Sc1c2ccccc2cc2cc3ccccc3cc12. The predicted molar refractivity (Wildman–Crippen MR) is 86.2 cm³/mol. The summed E-state index contributed by atoms with van der Waals surface area (Å²) in [6.45, 7) is 0. The molecule has 0 fully saturated rings. The van der Waals surface area contributed by atoms with Crippen molar-refractivity contribution in [2.24, 2.45) is 0 Å². The second kappa shape index (κ2) is 4.01. The Morgan fingerprint density at radius 1 is 0.526 bits per heavy atom. The molecule has 0 spiro atoms. The zero-order valence-corrected chi connectivity index (χ0v) is 11.2. The first-order chi connectivity index (χ1) is 9.33. The Morgan fingerprint density at radius 3 is 1.89 bits per heavy atom. The minimum Gasteiger partial charge on any atom is -0.142 e. The lowest BCUT2D eigenvalue weighted by atomic mass is 10.00. The standard InChI is InChI=1S/C18H12S/c19-18-16-8-4-3-7-14(16)10-15-9-12-5-1-2-6-13(12)11-17(15)18/h1-11,19H. The van der Waals surface area contributed by atoms with Crippen molar-refractivity contribution in [3.8, 4) is 0 Å². The van der Waals surface area contributed by atoms with Crippen molar-refractivity contribution < 1.29 is 0 Å². The van der Waals surface area contributed by atoms with Crippen molar-refractivity contribution in [1.29, 1.82) is 0 Å². The summed E-state index contributed by atoms with van der Waals surface area (Å²) in [7, 11) is 0. The van der Waals surface area contributed by atoms with Gasteiger partial charge in [-0.1, -0.05) is 48.5 Å². The molecule has 4 rings (SSSR count). The highest BCUT2D eigenvalue weighted by molar-refractivity contribution is 7.80. The van der Waals surface area contributed by atoms with Crippen LogP contribution in [0.15, 0.2) is 71.6 Å². The molecule has 0 aromatic heterocycles. The number of hydrogen-bond acceptors (Lipinski definition) is 1. The van der Waals surface area contributed by atoms with E-state index in [2.05, 4.69) is 66.7 Å². The third-order valence-corrected chi connectivity index (χ3v) is 4.18. The Morgan fingerprint density at radius 2 is 1.11 bits per heavy atom. The molecule has 0 saturated carbocycles. The zero-order chi connectivity index (χ0) is 12.8. The first-order valence-electron chi connectivity index (χ1n) is 6.36.